The van der Waals surface area contributed by atoms with Gasteiger partial charge in [-0.25, -0.2) is 0 Å². The van der Waals surface area contributed by atoms with Gasteiger partial charge in [-0.2, -0.15) is 15.0 Å². The standard InChI is InChI=1S/C11H22N6O4/c1-5(18)16(6(2)19)10-13-9(12)14-11(15-10)17(7(3)20)8(4)21/h5-8,18-21H,1-4H3,(H2,12,13,14,15). The Labute approximate surface area is 122 Å². The van der Waals surface area contributed by atoms with E-state index in [1.54, 1.807) is 0 Å². The highest BCUT2D eigenvalue weighted by Crippen LogP contribution is 2.20. The second-order valence-electron chi connectivity index (χ2n) is 4.64. The van der Waals surface area contributed by atoms with E-state index in [1.807, 2.05) is 0 Å². The summed E-state index contributed by atoms with van der Waals surface area (Å²) in [6, 6.07) is 0. The van der Waals surface area contributed by atoms with Crippen LogP contribution < -0.4 is 15.5 Å². The van der Waals surface area contributed by atoms with Crippen molar-refractivity contribution in [3.05, 3.63) is 0 Å². The van der Waals surface area contributed by atoms with Crippen LogP contribution in [-0.4, -0.2) is 60.3 Å². The molecule has 0 aromatic carbocycles. The third kappa shape index (κ3) is 4.11. The number of nitrogens with zero attached hydrogens (tertiary/aromatic N) is 5. The fourth-order valence-corrected chi connectivity index (χ4v) is 1.89. The van der Waals surface area contributed by atoms with Crippen LogP contribution >= 0.6 is 0 Å². The maximum absolute atomic E-state index is 9.69. The van der Waals surface area contributed by atoms with Gasteiger partial charge in [0.25, 0.3) is 0 Å². The Morgan fingerprint density at radius 3 is 1.24 bits per heavy atom. The number of aromatic nitrogens is 3. The van der Waals surface area contributed by atoms with E-state index in [2.05, 4.69) is 15.0 Å². The fraction of sp³-hybridized carbons (Fsp3) is 0.727. The zero-order chi connectivity index (χ0) is 16.3. The molecule has 0 aliphatic carbocycles. The van der Waals surface area contributed by atoms with Gasteiger partial charge >= 0.3 is 0 Å². The van der Waals surface area contributed by atoms with E-state index >= 15 is 0 Å². The van der Waals surface area contributed by atoms with Gasteiger partial charge in [-0.05, 0) is 27.7 Å². The monoisotopic (exact) mass is 302 g/mol. The van der Waals surface area contributed by atoms with Gasteiger partial charge in [0, 0.05) is 0 Å². The van der Waals surface area contributed by atoms with Crippen LogP contribution in [0.4, 0.5) is 17.8 Å². The molecule has 1 rings (SSSR count). The first kappa shape index (κ1) is 17.3. The van der Waals surface area contributed by atoms with Crippen molar-refractivity contribution in [1.29, 1.82) is 0 Å². The van der Waals surface area contributed by atoms with Crippen molar-refractivity contribution in [3.63, 3.8) is 0 Å². The molecule has 4 unspecified atom stereocenters. The largest absolute Gasteiger partial charge is 0.374 e. The molecule has 0 bridgehead atoms. The van der Waals surface area contributed by atoms with Crippen molar-refractivity contribution in [1.82, 2.24) is 15.0 Å². The van der Waals surface area contributed by atoms with Gasteiger partial charge in [0.05, 0.1) is 0 Å². The van der Waals surface area contributed by atoms with Gasteiger partial charge in [0.1, 0.15) is 24.9 Å². The Bertz CT molecular complexity index is 414. The molecular formula is C11H22N6O4. The molecule has 0 saturated carbocycles. The van der Waals surface area contributed by atoms with Crippen molar-refractivity contribution < 1.29 is 20.4 Å². The van der Waals surface area contributed by atoms with Crippen LogP contribution in [0.5, 0.6) is 0 Å². The van der Waals surface area contributed by atoms with E-state index < -0.39 is 24.9 Å². The third-order valence-electron chi connectivity index (χ3n) is 2.70. The Hall–Kier alpha value is -1.75. The summed E-state index contributed by atoms with van der Waals surface area (Å²) in [6.45, 7) is 5.70. The summed E-state index contributed by atoms with van der Waals surface area (Å²) in [7, 11) is 0. The summed E-state index contributed by atoms with van der Waals surface area (Å²) in [5, 5.41) is 38.7. The smallest absolute Gasteiger partial charge is 0.236 e. The molecule has 10 nitrogen and oxygen atoms in total. The minimum Gasteiger partial charge on any atom is -0.374 e. The van der Waals surface area contributed by atoms with E-state index in [-0.39, 0.29) is 17.8 Å². The number of aliphatic hydroxyl groups excluding tert-OH is 4. The highest BCUT2D eigenvalue weighted by Gasteiger charge is 2.25. The first-order valence-electron chi connectivity index (χ1n) is 6.45. The van der Waals surface area contributed by atoms with E-state index in [0.29, 0.717) is 0 Å². The molecule has 0 aliphatic rings. The molecule has 0 spiro atoms. The van der Waals surface area contributed by atoms with Crippen molar-refractivity contribution in [2.75, 3.05) is 15.5 Å². The molecule has 1 heterocycles. The van der Waals surface area contributed by atoms with Gasteiger partial charge in [0.2, 0.25) is 17.8 Å². The average molecular weight is 302 g/mol. The van der Waals surface area contributed by atoms with Gasteiger partial charge in [-0.15, -0.1) is 0 Å². The molecule has 0 aliphatic heterocycles. The summed E-state index contributed by atoms with van der Waals surface area (Å²) >= 11 is 0. The molecular weight excluding hydrogens is 280 g/mol. The molecule has 1 aromatic rings. The molecule has 0 saturated heterocycles. The molecule has 6 N–H and O–H groups in total. The molecule has 0 radical (unpaired) electrons. The zero-order valence-electron chi connectivity index (χ0n) is 12.4. The van der Waals surface area contributed by atoms with Gasteiger partial charge in [-0.3, -0.25) is 9.80 Å². The second-order valence-corrected chi connectivity index (χ2v) is 4.64. The number of hydrogen-bond acceptors (Lipinski definition) is 10. The van der Waals surface area contributed by atoms with Gasteiger partial charge in [0.15, 0.2) is 0 Å². The van der Waals surface area contributed by atoms with Gasteiger partial charge < -0.3 is 26.2 Å². The molecule has 1 aromatic heterocycles. The van der Waals surface area contributed by atoms with Crippen LogP contribution in [0.25, 0.3) is 0 Å². The van der Waals surface area contributed by atoms with E-state index in [4.69, 9.17) is 5.73 Å². The molecule has 10 heteroatoms. The van der Waals surface area contributed by atoms with Gasteiger partial charge in [-0.1, -0.05) is 0 Å². The lowest BCUT2D eigenvalue weighted by atomic mass is 10.4. The lowest BCUT2D eigenvalue weighted by Gasteiger charge is -2.31. The zero-order valence-corrected chi connectivity index (χ0v) is 12.4. The van der Waals surface area contributed by atoms with Crippen molar-refractivity contribution >= 4 is 17.8 Å². The molecule has 0 fully saturated rings. The number of aliphatic hydroxyl groups is 4. The minimum absolute atomic E-state index is 0.0752. The van der Waals surface area contributed by atoms with Crippen LogP contribution in [0.3, 0.4) is 0 Å². The fourth-order valence-electron chi connectivity index (χ4n) is 1.89. The minimum atomic E-state index is -1.08. The second kappa shape index (κ2) is 6.80. The van der Waals surface area contributed by atoms with E-state index in [1.165, 1.54) is 27.7 Å². The van der Waals surface area contributed by atoms with E-state index in [9.17, 15) is 20.4 Å². The van der Waals surface area contributed by atoms with Crippen LogP contribution in [-0.2, 0) is 0 Å². The first-order valence-corrected chi connectivity index (χ1v) is 6.45. The third-order valence-corrected chi connectivity index (χ3v) is 2.70. The predicted molar refractivity (Wildman–Crippen MR) is 75.9 cm³/mol. The number of rotatable bonds is 6. The molecule has 0 amide bonds. The summed E-state index contributed by atoms with van der Waals surface area (Å²) in [6.07, 6.45) is -4.31. The normalized spacial score (nSPS) is 17.0. The van der Waals surface area contributed by atoms with Crippen LogP contribution in [0.2, 0.25) is 0 Å². The maximum Gasteiger partial charge on any atom is 0.236 e. The summed E-state index contributed by atoms with van der Waals surface area (Å²) < 4.78 is 0. The van der Waals surface area contributed by atoms with Crippen LogP contribution in [0.1, 0.15) is 27.7 Å². The summed E-state index contributed by atoms with van der Waals surface area (Å²) in [5.41, 5.74) is 5.59. The van der Waals surface area contributed by atoms with E-state index in [0.717, 1.165) is 9.80 Å². The topological polar surface area (TPSA) is 152 Å². The number of hydrogen-bond donors (Lipinski definition) is 5. The SMILES string of the molecule is CC(O)N(c1nc(N)nc(N(C(C)O)C(C)O)n1)C(C)O. The lowest BCUT2D eigenvalue weighted by Crippen LogP contribution is -2.44. The molecule has 120 valence electrons. The highest BCUT2D eigenvalue weighted by atomic mass is 16.3. The molecule has 21 heavy (non-hydrogen) atoms. The Kier molecular flexibility index (Phi) is 5.61. The van der Waals surface area contributed by atoms with Crippen LogP contribution in [0, 0.1) is 0 Å². The first-order chi connectivity index (χ1) is 9.65. The number of nitrogens with two attached hydrogens (primary N) is 1. The summed E-state index contributed by atoms with van der Waals surface area (Å²) in [5.74, 6) is -0.324. The number of anilines is 3. The Balaban J connectivity index is 3.32. The van der Waals surface area contributed by atoms with Crippen molar-refractivity contribution in [3.8, 4) is 0 Å². The Morgan fingerprint density at radius 1 is 0.714 bits per heavy atom. The average Bonchev–Trinajstić information content (AvgIpc) is 2.25. The van der Waals surface area contributed by atoms with Crippen molar-refractivity contribution in [2.24, 2.45) is 0 Å². The quantitative estimate of drug-likeness (QED) is 0.389. The lowest BCUT2D eigenvalue weighted by molar-refractivity contribution is 0.100. The highest BCUT2D eigenvalue weighted by molar-refractivity contribution is 5.44. The predicted octanol–water partition coefficient (Wildman–Crippen LogP) is -1.58. The molecule has 4 atom stereocenters. The number of nitrogen functional groups attached to an aromatic ring is 1. The van der Waals surface area contributed by atoms with Crippen LogP contribution in [0.15, 0.2) is 0 Å². The maximum atomic E-state index is 9.69. The summed E-state index contributed by atoms with van der Waals surface area (Å²) in [4.78, 5) is 13.9. The Morgan fingerprint density at radius 2 is 1.00 bits per heavy atom. The van der Waals surface area contributed by atoms with Crippen molar-refractivity contribution in [2.45, 2.75) is 52.6 Å².